The van der Waals surface area contributed by atoms with Crippen molar-refractivity contribution in [2.45, 2.75) is 13.8 Å². The van der Waals surface area contributed by atoms with Gasteiger partial charge in [0.25, 0.3) is 0 Å². The summed E-state index contributed by atoms with van der Waals surface area (Å²) in [4.78, 5) is 12.0. The van der Waals surface area contributed by atoms with E-state index in [0.29, 0.717) is 0 Å². The van der Waals surface area contributed by atoms with Crippen molar-refractivity contribution in [3.8, 4) is 0 Å². The molecule has 4 heteroatoms. The smallest absolute Gasteiger partial charge is 0.209 e. The Balaban J connectivity index is 0.000000461. The van der Waals surface area contributed by atoms with E-state index in [1.807, 2.05) is 13.8 Å². The lowest BCUT2D eigenvalue weighted by Crippen LogP contribution is -2.41. The molecule has 0 aromatic rings. The fraction of sp³-hybridized carbons (Fsp3) is 0.857. The van der Waals surface area contributed by atoms with Crippen molar-refractivity contribution in [2.75, 3.05) is 26.2 Å². The topological polar surface area (TPSA) is 23.6 Å². The zero-order valence-electron chi connectivity index (χ0n) is 7.09. The lowest BCUT2D eigenvalue weighted by Gasteiger charge is -2.27. The molecule has 0 atom stereocenters. The minimum atomic E-state index is 0.881. The Morgan fingerprint density at radius 2 is 1.64 bits per heavy atom. The second kappa shape index (κ2) is 6.84. The molecule has 1 aliphatic heterocycles. The number of halogens is 1. The van der Waals surface area contributed by atoms with Crippen LogP contribution in [0.4, 0.5) is 0 Å². The predicted octanol–water partition coefficient (Wildman–Crippen LogP) is 1.14. The number of nitrogens with zero attached hydrogens (tertiary/aromatic N) is 2. The van der Waals surface area contributed by atoms with E-state index in [9.17, 15) is 4.79 Å². The van der Waals surface area contributed by atoms with Crippen LogP contribution in [0.25, 0.3) is 0 Å². The third kappa shape index (κ3) is 4.58. The van der Waals surface area contributed by atoms with Gasteiger partial charge in [0, 0.05) is 49.0 Å². The monoisotopic (exact) mass is 270 g/mol. The molecule has 1 saturated heterocycles. The molecule has 1 heterocycles. The highest BCUT2D eigenvalue weighted by Gasteiger charge is 2.11. The Hall–Kier alpha value is 0.160. The van der Waals surface area contributed by atoms with Gasteiger partial charge >= 0.3 is 0 Å². The van der Waals surface area contributed by atoms with Crippen LogP contribution in [0.2, 0.25) is 0 Å². The second-order valence-electron chi connectivity index (χ2n) is 2.05. The van der Waals surface area contributed by atoms with Crippen molar-refractivity contribution >= 4 is 29.3 Å². The zero-order chi connectivity index (χ0) is 8.69. The lowest BCUT2D eigenvalue weighted by atomic mass is 10.4. The summed E-state index contributed by atoms with van der Waals surface area (Å²) < 4.78 is 2.19. The van der Waals surface area contributed by atoms with Crippen LogP contribution in [0.3, 0.4) is 0 Å². The van der Waals surface area contributed by atoms with Crippen molar-refractivity contribution in [1.29, 1.82) is 0 Å². The standard InChI is InChI=1S/C5H9IN2O.C2H6/c6-8-3-1-7(5-9)2-4-8;1-2/h5H,1-4H2;1-2H3. The van der Waals surface area contributed by atoms with Crippen LogP contribution < -0.4 is 0 Å². The first-order chi connectivity index (χ1) is 5.33. The van der Waals surface area contributed by atoms with Crippen molar-refractivity contribution in [1.82, 2.24) is 8.01 Å². The molecule has 1 amide bonds. The number of amides is 1. The molecule has 1 fully saturated rings. The van der Waals surface area contributed by atoms with E-state index in [4.69, 9.17) is 0 Å². The van der Waals surface area contributed by atoms with Crippen LogP contribution in [-0.2, 0) is 4.79 Å². The quantitative estimate of drug-likeness (QED) is 0.405. The first-order valence-electron chi connectivity index (χ1n) is 3.93. The van der Waals surface area contributed by atoms with Crippen LogP contribution in [0, 0.1) is 0 Å². The van der Waals surface area contributed by atoms with Crippen LogP contribution in [0.15, 0.2) is 0 Å². The SMILES string of the molecule is CC.O=CN1CCN(I)CC1. The largest absolute Gasteiger partial charge is 0.343 e. The van der Waals surface area contributed by atoms with Crippen LogP contribution >= 0.6 is 22.9 Å². The van der Waals surface area contributed by atoms with E-state index in [0.717, 1.165) is 32.6 Å². The number of piperazine rings is 1. The highest BCUT2D eigenvalue weighted by Crippen LogP contribution is 2.03. The van der Waals surface area contributed by atoms with E-state index in [-0.39, 0.29) is 0 Å². The Bertz CT molecular complexity index is 103. The van der Waals surface area contributed by atoms with Gasteiger partial charge in [0.1, 0.15) is 0 Å². The summed E-state index contributed by atoms with van der Waals surface area (Å²) in [6, 6.07) is 0. The molecular formula is C7H15IN2O. The van der Waals surface area contributed by atoms with Gasteiger partial charge < -0.3 is 4.90 Å². The van der Waals surface area contributed by atoms with Gasteiger partial charge in [-0.2, -0.15) is 0 Å². The molecule has 1 rings (SSSR count). The third-order valence-electron chi connectivity index (χ3n) is 1.41. The van der Waals surface area contributed by atoms with Crippen LogP contribution in [0.5, 0.6) is 0 Å². The summed E-state index contributed by atoms with van der Waals surface area (Å²) in [7, 11) is 0. The average Bonchev–Trinajstić information content (AvgIpc) is 2.10. The molecule has 11 heavy (non-hydrogen) atoms. The maximum Gasteiger partial charge on any atom is 0.209 e. The van der Waals surface area contributed by atoms with E-state index in [2.05, 4.69) is 26.0 Å². The van der Waals surface area contributed by atoms with Gasteiger partial charge in [-0.05, 0) is 0 Å². The average molecular weight is 270 g/mol. The number of hydrogen-bond donors (Lipinski definition) is 0. The van der Waals surface area contributed by atoms with Gasteiger partial charge in [0.05, 0.1) is 0 Å². The van der Waals surface area contributed by atoms with Gasteiger partial charge in [0.2, 0.25) is 6.41 Å². The molecule has 0 bridgehead atoms. The van der Waals surface area contributed by atoms with Crippen LogP contribution in [-0.4, -0.2) is 40.6 Å². The summed E-state index contributed by atoms with van der Waals surface area (Å²) >= 11 is 2.27. The predicted molar refractivity (Wildman–Crippen MR) is 54.6 cm³/mol. The highest BCUT2D eigenvalue weighted by atomic mass is 127. The fourth-order valence-corrected chi connectivity index (χ4v) is 1.23. The molecule has 0 aromatic heterocycles. The molecule has 0 aromatic carbocycles. The van der Waals surface area contributed by atoms with E-state index in [1.54, 1.807) is 4.90 Å². The normalized spacial score (nSPS) is 18.6. The Kier molecular flexibility index (Phi) is 6.94. The van der Waals surface area contributed by atoms with Crippen molar-refractivity contribution in [3.63, 3.8) is 0 Å². The summed E-state index contributed by atoms with van der Waals surface area (Å²) in [5, 5.41) is 0. The molecule has 1 aliphatic rings. The molecule has 0 saturated carbocycles. The molecule has 0 radical (unpaired) electrons. The fourth-order valence-electron chi connectivity index (χ4n) is 0.803. The molecule has 0 unspecified atom stereocenters. The minimum Gasteiger partial charge on any atom is -0.343 e. The van der Waals surface area contributed by atoms with Crippen molar-refractivity contribution in [3.05, 3.63) is 0 Å². The summed E-state index contributed by atoms with van der Waals surface area (Å²) in [5.74, 6) is 0. The minimum absolute atomic E-state index is 0.881. The van der Waals surface area contributed by atoms with Gasteiger partial charge in [-0.3, -0.25) is 4.79 Å². The first-order valence-corrected chi connectivity index (χ1v) is 4.89. The summed E-state index contributed by atoms with van der Waals surface area (Å²) in [5.41, 5.74) is 0. The number of hydrogen-bond acceptors (Lipinski definition) is 2. The van der Waals surface area contributed by atoms with E-state index in [1.165, 1.54) is 0 Å². The number of rotatable bonds is 1. The Morgan fingerprint density at radius 3 is 2.00 bits per heavy atom. The third-order valence-corrected chi connectivity index (χ3v) is 2.37. The van der Waals surface area contributed by atoms with E-state index < -0.39 is 0 Å². The number of carbonyl (C=O) groups is 1. The highest BCUT2D eigenvalue weighted by molar-refractivity contribution is 14.1. The van der Waals surface area contributed by atoms with Gasteiger partial charge in [-0.15, -0.1) is 0 Å². The van der Waals surface area contributed by atoms with Gasteiger partial charge in [-0.25, -0.2) is 3.11 Å². The van der Waals surface area contributed by atoms with Crippen LogP contribution in [0.1, 0.15) is 13.8 Å². The van der Waals surface area contributed by atoms with E-state index >= 15 is 0 Å². The van der Waals surface area contributed by atoms with Crippen molar-refractivity contribution < 1.29 is 4.79 Å². The molecular weight excluding hydrogens is 255 g/mol. The maximum absolute atomic E-state index is 10.2. The summed E-state index contributed by atoms with van der Waals surface area (Å²) in [6.45, 7) is 7.76. The Labute approximate surface area is 82.2 Å². The van der Waals surface area contributed by atoms with Crippen molar-refractivity contribution in [2.24, 2.45) is 0 Å². The summed E-state index contributed by atoms with van der Waals surface area (Å²) in [6.07, 6.45) is 0.920. The van der Waals surface area contributed by atoms with Gasteiger partial charge in [-0.1, -0.05) is 13.8 Å². The molecule has 0 N–H and O–H groups in total. The molecule has 3 nitrogen and oxygen atoms in total. The Morgan fingerprint density at radius 1 is 1.18 bits per heavy atom. The molecule has 0 aliphatic carbocycles. The zero-order valence-corrected chi connectivity index (χ0v) is 9.24. The first kappa shape index (κ1) is 11.2. The molecule has 0 spiro atoms. The lowest BCUT2D eigenvalue weighted by molar-refractivity contribution is -0.119. The maximum atomic E-state index is 10.2. The van der Waals surface area contributed by atoms with Gasteiger partial charge in [0.15, 0.2) is 0 Å². The second-order valence-corrected chi connectivity index (χ2v) is 3.42. The number of carbonyl (C=O) groups excluding carboxylic acids is 1. The molecule has 66 valence electrons.